The van der Waals surface area contributed by atoms with Crippen LogP contribution in [0.1, 0.15) is 28.2 Å². The Hall–Kier alpha value is -4.02. The Kier molecular flexibility index (Phi) is 6.63. The van der Waals surface area contributed by atoms with Crippen LogP contribution in [0, 0.1) is 11.8 Å². The van der Waals surface area contributed by atoms with Gasteiger partial charge in [-0.2, -0.15) is 0 Å². The molecule has 31 heavy (non-hydrogen) atoms. The van der Waals surface area contributed by atoms with Crippen LogP contribution < -0.4 is 4.74 Å². The van der Waals surface area contributed by atoms with Gasteiger partial charge >= 0.3 is 0 Å². The molecular formula is C30H24O. The van der Waals surface area contributed by atoms with Gasteiger partial charge in [0.15, 0.2) is 0 Å². The molecule has 0 aliphatic heterocycles. The summed E-state index contributed by atoms with van der Waals surface area (Å²) in [5, 5.41) is 0. The number of methoxy groups -OCH3 is 1. The Bertz CT molecular complexity index is 1140. The van der Waals surface area contributed by atoms with Crippen LogP contribution in [-0.2, 0) is 0 Å². The van der Waals surface area contributed by atoms with Gasteiger partial charge in [0.05, 0.1) is 13.0 Å². The van der Waals surface area contributed by atoms with Gasteiger partial charge in [0.2, 0.25) is 0 Å². The minimum atomic E-state index is -0.0680. The van der Waals surface area contributed by atoms with E-state index >= 15 is 0 Å². The Morgan fingerprint density at radius 1 is 0.677 bits per heavy atom. The molecule has 1 nitrogen and oxygen atoms in total. The first kappa shape index (κ1) is 20.3. The van der Waals surface area contributed by atoms with Crippen LogP contribution in [0.25, 0.3) is 5.57 Å². The van der Waals surface area contributed by atoms with Crippen molar-refractivity contribution in [2.24, 2.45) is 0 Å². The minimum absolute atomic E-state index is 0.0680. The molecule has 0 aliphatic rings. The number of rotatable bonds is 5. The summed E-state index contributed by atoms with van der Waals surface area (Å²) >= 11 is 0. The van der Waals surface area contributed by atoms with Crippen molar-refractivity contribution in [2.75, 3.05) is 7.11 Å². The van der Waals surface area contributed by atoms with Crippen molar-refractivity contribution < 1.29 is 4.74 Å². The van der Waals surface area contributed by atoms with E-state index in [1.165, 1.54) is 16.7 Å². The second-order valence-electron chi connectivity index (χ2n) is 7.20. The second kappa shape index (κ2) is 10.1. The van der Waals surface area contributed by atoms with Gasteiger partial charge in [0.25, 0.3) is 0 Å². The molecule has 4 aromatic rings. The number of hydrogen-bond acceptors (Lipinski definition) is 1. The number of allylic oxidation sites excluding steroid dienone is 1. The normalized spacial score (nSPS) is 11.0. The molecule has 0 heterocycles. The third-order valence-electron chi connectivity index (χ3n) is 5.12. The van der Waals surface area contributed by atoms with Gasteiger partial charge in [-0.25, -0.2) is 0 Å². The van der Waals surface area contributed by atoms with Crippen molar-refractivity contribution in [3.63, 3.8) is 0 Å². The summed E-state index contributed by atoms with van der Waals surface area (Å²) in [5.41, 5.74) is 5.66. The van der Waals surface area contributed by atoms with Gasteiger partial charge in [-0.1, -0.05) is 109 Å². The molecule has 0 saturated heterocycles. The SMILES string of the molecule is COc1ccc(C(C#Cc2ccccc2)C=C(c2ccccc2)c2ccccc2)cc1. The van der Waals surface area contributed by atoms with E-state index in [1.54, 1.807) is 7.11 Å². The van der Waals surface area contributed by atoms with E-state index in [4.69, 9.17) is 4.74 Å². The maximum Gasteiger partial charge on any atom is 0.118 e. The fourth-order valence-corrected chi connectivity index (χ4v) is 3.48. The third kappa shape index (κ3) is 5.32. The minimum Gasteiger partial charge on any atom is -0.497 e. The summed E-state index contributed by atoms with van der Waals surface area (Å²) in [6.45, 7) is 0. The third-order valence-corrected chi connectivity index (χ3v) is 5.12. The fraction of sp³-hybridized carbons (Fsp3) is 0.0667. The molecule has 4 rings (SSSR count). The van der Waals surface area contributed by atoms with Crippen LogP contribution in [0.5, 0.6) is 5.75 Å². The Morgan fingerprint density at radius 2 is 1.19 bits per heavy atom. The molecule has 0 aromatic heterocycles. The maximum atomic E-state index is 5.35. The number of hydrogen-bond donors (Lipinski definition) is 0. The molecule has 0 amide bonds. The molecule has 0 saturated carbocycles. The van der Waals surface area contributed by atoms with Gasteiger partial charge < -0.3 is 4.74 Å². The highest BCUT2D eigenvalue weighted by atomic mass is 16.5. The van der Waals surface area contributed by atoms with Crippen molar-refractivity contribution in [3.8, 4) is 17.6 Å². The molecule has 150 valence electrons. The molecule has 0 bridgehead atoms. The largest absolute Gasteiger partial charge is 0.497 e. The second-order valence-corrected chi connectivity index (χ2v) is 7.20. The van der Waals surface area contributed by atoms with Gasteiger partial charge in [-0.05, 0) is 46.5 Å². The summed E-state index contributed by atoms with van der Waals surface area (Å²) in [4.78, 5) is 0. The lowest BCUT2D eigenvalue weighted by atomic mass is 9.90. The van der Waals surface area contributed by atoms with Gasteiger partial charge in [-0.15, -0.1) is 0 Å². The quantitative estimate of drug-likeness (QED) is 0.329. The van der Waals surface area contributed by atoms with E-state index in [0.717, 1.165) is 16.9 Å². The van der Waals surface area contributed by atoms with Crippen molar-refractivity contribution in [1.29, 1.82) is 0 Å². The molecule has 0 spiro atoms. The van der Waals surface area contributed by atoms with Crippen LogP contribution >= 0.6 is 0 Å². The summed E-state index contributed by atoms with van der Waals surface area (Å²) in [6, 6.07) is 39.3. The van der Waals surface area contributed by atoms with E-state index in [0.29, 0.717) is 0 Å². The van der Waals surface area contributed by atoms with E-state index in [1.807, 2.05) is 54.6 Å². The summed E-state index contributed by atoms with van der Waals surface area (Å²) in [7, 11) is 1.69. The van der Waals surface area contributed by atoms with E-state index in [9.17, 15) is 0 Å². The molecule has 1 atom stereocenters. The first-order chi connectivity index (χ1) is 15.3. The van der Waals surface area contributed by atoms with Gasteiger partial charge in [0.1, 0.15) is 5.75 Å². The first-order valence-electron chi connectivity index (χ1n) is 10.4. The zero-order chi connectivity index (χ0) is 21.3. The van der Waals surface area contributed by atoms with Crippen molar-refractivity contribution in [2.45, 2.75) is 5.92 Å². The summed E-state index contributed by atoms with van der Waals surface area (Å²) in [6.07, 6.45) is 2.27. The summed E-state index contributed by atoms with van der Waals surface area (Å²) < 4.78 is 5.35. The first-order valence-corrected chi connectivity index (χ1v) is 10.4. The topological polar surface area (TPSA) is 9.23 Å². The Morgan fingerprint density at radius 3 is 1.71 bits per heavy atom. The van der Waals surface area contributed by atoms with Gasteiger partial charge in [0, 0.05) is 5.56 Å². The molecule has 0 radical (unpaired) electrons. The van der Waals surface area contributed by atoms with Crippen LogP contribution in [-0.4, -0.2) is 7.11 Å². The fourth-order valence-electron chi connectivity index (χ4n) is 3.48. The predicted octanol–water partition coefficient (Wildman–Crippen LogP) is 6.96. The monoisotopic (exact) mass is 400 g/mol. The predicted molar refractivity (Wildman–Crippen MR) is 129 cm³/mol. The van der Waals surface area contributed by atoms with Crippen molar-refractivity contribution in [1.82, 2.24) is 0 Å². The lowest BCUT2D eigenvalue weighted by Crippen LogP contribution is -1.97. The Labute approximate surface area is 184 Å². The van der Waals surface area contributed by atoms with Crippen molar-refractivity contribution in [3.05, 3.63) is 144 Å². The molecular weight excluding hydrogens is 376 g/mol. The van der Waals surface area contributed by atoms with Crippen LogP contribution in [0.2, 0.25) is 0 Å². The highest BCUT2D eigenvalue weighted by Crippen LogP contribution is 2.29. The highest BCUT2D eigenvalue weighted by Gasteiger charge is 2.11. The van der Waals surface area contributed by atoms with Crippen molar-refractivity contribution >= 4 is 5.57 Å². The average Bonchev–Trinajstić information content (AvgIpc) is 2.86. The zero-order valence-corrected chi connectivity index (χ0v) is 17.5. The molecule has 4 aromatic carbocycles. The smallest absolute Gasteiger partial charge is 0.118 e. The lowest BCUT2D eigenvalue weighted by Gasteiger charge is -2.13. The Balaban J connectivity index is 1.83. The molecule has 0 fully saturated rings. The van der Waals surface area contributed by atoms with E-state index in [2.05, 4.69) is 78.6 Å². The van der Waals surface area contributed by atoms with E-state index in [-0.39, 0.29) is 5.92 Å². The van der Waals surface area contributed by atoms with Crippen LogP contribution in [0.15, 0.2) is 121 Å². The number of ether oxygens (including phenoxy) is 1. The highest BCUT2D eigenvalue weighted by molar-refractivity contribution is 5.80. The molecule has 1 unspecified atom stereocenters. The molecule has 0 aliphatic carbocycles. The van der Waals surface area contributed by atoms with Crippen LogP contribution in [0.4, 0.5) is 0 Å². The zero-order valence-electron chi connectivity index (χ0n) is 17.5. The number of benzene rings is 4. The molecule has 1 heteroatoms. The average molecular weight is 401 g/mol. The van der Waals surface area contributed by atoms with E-state index < -0.39 is 0 Å². The molecule has 0 N–H and O–H groups in total. The van der Waals surface area contributed by atoms with Gasteiger partial charge in [-0.3, -0.25) is 0 Å². The maximum absolute atomic E-state index is 5.35. The van der Waals surface area contributed by atoms with Crippen LogP contribution in [0.3, 0.4) is 0 Å². The lowest BCUT2D eigenvalue weighted by molar-refractivity contribution is 0.414. The standard InChI is InChI=1S/C30H24O/c1-31-29-21-19-25(20-22-29)28(18-17-24-11-5-2-6-12-24)23-30(26-13-7-3-8-14-26)27-15-9-4-10-16-27/h2-16,19-23,28H,1H3. The summed E-state index contributed by atoms with van der Waals surface area (Å²) in [5.74, 6) is 7.62.